The van der Waals surface area contributed by atoms with E-state index in [1.54, 1.807) is 0 Å². The van der Waals surface area contributed by atoms with Gasteiger partial charge in [0.25, 0.3) is 11.8 Å². The van der Waals surface area contributed by atoms with Crippen LogP contribution in [0.15, 0.2) is 18.2 Å². The first kappa shape index (κ1) is 18.1. The van der Waals surface area contributed by atoms with Crippen LogP contribution < -0.4 is 0 Å². The Morgan fingerprint density at radius 3 is 1.64 bits per heavy atom. The summed E-state index contributed by atoms with van der Waals surface area (Å²) in [6, 6.07) is 4.31. The van der Waals surface area contributed by atoms with Crippen LogP contribution in [-0.4, -0.2) is 45.0 Å². The van der Waals surface area contributed by atoms with E-state index in [4.69, 9.17) is 15.1 Å². The van der Waals surface area contributed by atoms with Gasteiger partial charge in [0, 0.05) is 12.8 Å². The van der Waals surface area contributed by atoms with E-state index in [0.717, 1.165) is 0 Å². The number of benzene rings is 1. The lowest BCUT2D eigenvalue weighted by Gasteiger charge is -2.13. The predicted octanol–water partition coefficient (Wildman–Crippen LogP) is 0.0905. The SMILES string of the molecule is O=C(O)Cc1cc(CC(=O)O)cc(CC(=O)ON2C(=O)CCC2=O)c1. The van der Waals surface area contributed by atoms with Crippen molar-refractivity contribution in [3.8, 4) is 0 Å². The summed E-state index contributed by atoms with van der Waals surface area (Å²) in [5.41, 5.74) is 1.00. The van der Waals surface area contributed by atoms with Crippen molar-refractivity contribution < 1.29 is 39.0 Å². The zero-order chi connectivity index (χ0) is 18.6. The van der Waals surface area contributed by atoms with Crippen molar-refractivity contribution in [1.82, 2.24) is 5.06 Å². The number of carbonyl (C=O) groups excluding carboxylic acids is 3. The molecule has 0 saturated carbocycles. The quantitative estimate of drug-likeness (QED) is 0.661. The Kier molecular flexibility index (Phi) is 5.48. The molecule has 0 spiro atoms. The fraction of sp³-hybridized carbons (Fsp3) is 0.312. The van der Waals surface area contributed by atoms with Gasteiger partial charge in [-0.15, -0.1) is 5.06 Å². The molecule has 1 aromatic carbocycles. The molecule has 0 bridgehead atoms. The molecule has 25 heavy (non-hydrogen) atoms. The normalized spacial score (nSPS) is 13.8. The van der Waals surface area contributed by atoms with Crippen molar-refractivity contribution in [1.29, 1.82) is 0 Å². The van der Waals surface area contributed by atoms with Crippen molar-refractivity contribution in [2.75, 3.05) is 0 Å². The highest BCUT2D eigenvalue weighted by atomic mass is 16.7. The Morgan fingerprint density at radius 2 is 1.24 bits per heavy atom. The van der Waals surface area contributed by atoms with E-state index >= 15 is 0 Å². The lowest BCUT2D eigenvalue weighted by molar-refractivity contribution is -0.197. The smallest absolute Gasteiger partial charge is 0.337 e. The molecule has 2 amide bonds. The van der Waals surface area contributed by atoms with Gasteiger partial charge < -0.3 is 15.1 Å². The van der Waals surface area contributed by atoms with Crippen LogP contribution in [0.2, 0.25) is 0 Å². The van der Waals surface area contributed by atoms with Gasteiger partial charge in [-0.1, -0.05) is 18.2 Å². The fourth-order valence-electron chi connectivity index (χ4n) is 2.45. The maximum Gasteiger partial charge on any atom is 0.337 e. The highest BCUT2D eigenvalue weighted by Gasteiger charge is 2.32. The minimum absolute atomic E-state index is 0.0248. The molecule has 1 aliphatic heterocycles. The molecule has 1 aliphatic rings. The minimum Gasteiger partial charge on any atom is -0.481 e. The number of hydroxylamine groups is 2. The van der Waals surface area contributed by atoms with Gasteiger partial charge in [0.15, 0.2) is 0 Å². The number of imide groups is 1. The first-order valence-electron chi connectivity index (χ1n) is 7.36. The number of rotatable bonds is 7. The molecule has 2 rings (SSSR count). The molecule has 1 aromatic rings. The van der Waals surface area contributed by atoms with E-state index in [1.165, 1.54) is 18.2 Å². The standard InChI is InChI=1S/C16H15NO8/c18-12-1-2-13(19)17(12)25-16(24)8-11-4-9(6-14(20)21)3-10(5-11)7-15(22)23/h3-5H,1-2,6-8H2,(H,20,21)(H,22,23). The molecule has 9 heteroatoms. The van der Waals surface area contributed by atoms with Crippen LogP contribution in [0.4, 0.5) is 0 Å². The molecule has 0 aliphatic carbocycles. The largest absolute Gasteiger partial charge is 0.481 e. The molecular formula is C16H15NO8. The molecule has 1 saturated heterocycles. The number of carbonyl (C=O) groups is 5. The van der Waals surface area contributed by atoms with Crippen LogP contribution in [0.25, 0.3) is 0 Å². The second kappa shape index (κ2) is 7.56. The van der Waals surface area contributed by atoms with Gasteiger partial charge in [0.2, 0.25) is 0 Å². The molecule has 2 N–H and O–H groups in total. The fourth-order valence-corrected chi connectivity index (χ4v) is 2.45. The van der Waals surface area contributed by atoms with Crippen LogP contribution >= 0.6 is 0 Å². The average molecular weight is 349 g/mol. The van der Waals surface area contributed by atoms with Gasteiger partial charge in [0.05, 0.1) is 19.3 Å². The first-order valence-corrected chi connectivity index (χ1v) is 7.36. The molecule has 0 atom stereocenters. The van der Waals surface area contributed by atoms with E-state index in [-0.39, 0.29) is 32.1 Å². The van der Waals surface area contributed by atoms with Gasteiger partial charge in [0.1, 0.15) is 0 Å². The van der Waals surface area contributed by atoms with Gasteiger partial charge in [-0.25, -0.2) is 4.79 Å². The number of amides is 2. The molecule has 0 radical (unpaired) electrons. The van der Waals surface area contributed by atoms with E-state index < -0.39 is 29.7 Å². The number of aliphatic carboxylic acids is 2. The zero-order valence-corrected chi connectivity index (χ0v) is 13.1. The van der Waals surface area contributed by atoms with Crippen molar-refractivity contribution in [2.45, 2.75) is 32.1 Å². The van der Waals surface area contributed by atoms with Crippen molar-refractivity contribution in [3.63, 3.8) is 0 Å². The number of hydrogen-bond donors (Lipinski definition) is 2. The van der Waals surface area contributed by atoms with Crippen LogP contribution in [0.3, 0.4) is 0 Å². The maximum atomic E-state index is 11.9. The van der Waals surface area contributed by atoms with E-state index in [0.29, 0.717) is 21.8 Å². The molecule has 0 aromatic heterocycles. The minimum atomic E-state index is -1.10. The number of hydrogen-bond acceptors (Lipinski definition) is 6. The highest BCUT2D eigenvalue weighted by molar-refractivity contribution is 6.01. The van der Waals surface area contributed by atoms with Crippen LogP contribution in [0.1, 0.15) is 29.5 Å². The Labute approximate surface area is 141 Å². The van der Waals surface area contributed by atoms with Crippen LogP contribution in [0, 0.1) is 0 Å². The number of carboxylic acid groups (broad SMARTS) is 2. The summed E-state index contributed by atoms with van der Waals surface area (Å²) in [4.78, 5) is 61.2. The van der Waals surface area contributed by atoms with Gasteiger partial charge >= 0.3 is 17.9 Å². The summed E-state index contributed by atoms with van der Waals surface area (Å²) in [6.45, 7) is 0. The highest BCUT2D eigenvalue weighted by Crippen LogP contribution is 2.16. The summed E-state index contributed by atoms with van der Waals surface area (Å²) < 4.78 is 0. The monoisotopic (exact) mass is 349 g/mol. The molecule has 1 heterocycles. The van der Waals surface area contributed by atoms with Crippen molar-refractivity contribution >= 4 is 29.7 Å². The molecule has 132 valence electrons. The Hall–Kier alpha value is -3.23. The summed E-state index contributed by atoms with van der Waals surface area (Å²) in [5.74, 6) is -4.30. The van der Waals surface area contributed by atoms with E-state index in [1.807, 2.05) is 0 Å². The first-order chi connectivity index (χ1) is 11.7. The Bertz CT molecular complexity index is 704. The van der Waals surface area contributed by atoms with Crippen molar-refractivity contribution in [3.05, 3.63) is 34.9 Å². The molecular weight excluding hydrogens is 334 g/mol. The van der Waals surface area contributed by atoms with Gasteiger partial charge in [-0.3, -0.25) is 19.2 Å². The number of nitrogens with zero attached hydrogens (tertiary/aromatic N) is 1. The summed E-state index contributed by atoms with van der Waals surface area (Å²) in [6.07, 6.45) is -1.06. The van der Waals surface area contributed by atoms with Crippen LogP contribution in [-0.2, 0) is 48.1 Å². The van der Waals surface area contributed by atoms with E-state index in [2.05, 4.69) is 0 Å². The molecule has 9 nitrogen and oxygen atoms in total. The summed E-state index contributed by atoms with van der Waals surface area (Å²) >= 11 is 0. The van der Waals surface area contributed by atoms with Gasteiger partial charge in [-0.05, 0) is 16.7 Å². The maximum absolute atomic E-state index is 11.9. The average Bonchev–Trinajstić information content (AvgIpc) is 2.77. The number of carboxylic acids is 2. The summed E-state index contributed by atoms with van der Waals surface area (Å²) in [7, 11) is 0. The summed E-state index contributed by atoms with van der Waals surface area (Å²) in [5, 5.41) is 18.2. The second-order valence-electron chi connectivity index (χ2n) is 5.52. The van der Waals surface area contributed by atoms with Crippen molar-refractivity contribution in [2.24, 2.45) is 0 Å². The Balaban J connectivity index is 2.14. The third-order valence-corrected chi connectivity index (χ3v) is 3.37. The van der Waals surface area contributed by atoms with Crippen LogP contribution in [0.5, 0.6) is 0 Å². The molecule has 0 unspecified atom stereocenters. The second-order valence-corrected chi connectivity index (χ2v) is 5.52. The zero-order valence-electron chi connectivity index (χ0n) is 13.1. The van der Waals surface area contributed by atoms with E-state index in [9.17, 15) is 24.0 Å². The molecule has 1 fully saturated rings. The van der Waals surface area contributed by atoms with Gasteiger partial charge in [-0.2, -0.15) is 0 Å². The lowest BCUT2D eigenvalue weighted by atomic mass is 10.00. The lowest BCUT2D eigenvalue weighted by Crippen LogP contribution is -2.32. The third kappa shape index (κ3) is 5.13. The Morgan fingerprint density at radius 1 is 0.840 bits per heavy atom. The predicted molar refractivity (Wildman–Crippen MR) is 80.0 cm³/mol. The third-order valence-electron chi connectivity index (χ3n) is 3.37. The topological polar surface area (TPSA) is 138 Å².